The van der Waals surface area contributed by atoms with Crippen molar-refractivity contribution in [3.63, 3.8) is 0 Å². The maximum absolute atomic E-state index is 5.47. The standard InChI is InChI=1S/C13H24N2O/c1-2-5-13(4-1)11-15(7-6-14-13)9-12-3-8-16-10-12/h12,14H,1-11H2. The Bertz CT molecular complexity index is 232. The van der Waals surface area contributed by atoms with E-state index >= 15 is 0 Å². The Balaban J connectivity index is 1.55. The van der Waals surface area contributed by atoms with Crippen LogP contribution in [-0.2, 0) is 4.74 Å². The van der Waals surface area contributed by atoms with Gasteiger partial charge >= 0.3 is 0 Å². The maximum atomic E-state index is 5.47. The van der Waals surface area contributed by atoms with Crippen LogP contribution in [-0.4, -0.2) is 49.8 Å². The number of nitrogens with one attached hydrogen (secondary N) is 1. The van der Waals surface area contributed by atoms with Crippen molar-refractivity contribution in [2.75, 3.05) is 39.4 Å². The topological polar surface area (TPSA) is 24.5 Å². The molecule has 3 fully saturated rings. The van der Waals surface area contributed by atoms with Gasteiger partial charge in [-0.3, -0.25) is 4.90 Å². The van der Waals surface area contributed by atoms with Gasteiger partial charge in [0.25, 0.3) is 0 Å². The van der Waals surface area contributed by atoms with Crippen LogP contribution >= 0.6 is 0 Å². The van der Waals surface area contributed by atoms with Crippen molar-refractivity contribution in [1.29, 1.82) is 0 Å². The zero-order valence-electron chi connectivity index (χ0n) is 10.2. The summed E-state index contributed by atoms with van der Waals surface area (Å²) in [6, 6.07) is 0. The SMILES string of the molecule is C1CCC2(C1)CN(CC1CCOC1)CCN2. The molecule has 2 aliphatic heterocycles. The van der Waals surface area contributed by atoms with E-state index in [1.807, 2.05) is 0 Å². The van der Waals surface area contributed by atoms with Crippen molar-refractivity contribution in [1.82, 2.24) is 10.2 Å². The fraction of sp³-hybridized carbons (Fsp3) is 1.00. The number of nitrogens with zero attached hydrogens (tertiary/aromatic N) is 1. The van der Waals surface area contributed by atoms with E-state index in [-0.39, 0.29) is 0 Å². The summed E-state index contributed by atoms with van der Waals surface area (Å²) in [5, 5.41) is 3.78. The predicted octanol–water partition coefficient (Wildman–Crippen LogP) is 1.24. The van der Waals surface area contributed by atoms with E-state index in [0.29, 0.717) is 5.54 Å². The fourth-order valence-electron chi connectivity index (χ4n) is 3.68. The zero-order valence-corrected chi connectivity index (χ0v) is 10.2. The Morgan fingerprint density at radius 3 is 2.94 bits per heavy atom. The van der Waals surface area contributed by atoms with Crippen molar-refractivity contribution >= 4 is 0 Å². The van der Waals surface area contributed by atoms with Gasteiger partial charge in [-0.2, -0.15) is 0 Å². The van der Waals surface area contributed by atoms with Gasteiger partial charge in [0.2, 0.25) is 0 Å². The quantitative estimate of drug-likeness (QED) is 0.764. The molecule has 16 heavy (non-hydrogen) atoms. The molecule has 1 atom stereocenters. The summed E-state index contributed by atoms with van der Waals surface area (Å²) >= 11 is 0. The van der Waals surface area contributed by atoms with Crippen molar-refractivity contribution in [2.45, 2.75) is 37.6 Å². The monoisotopic (exact) mass is 224 g/mol. The van der Waals surface area contributed by atoms with E-state index in [1.54, 1.807) is 0 Å². The molecule has 3 aliphatic rings. The first kappa shape index (κ1) is 11.0. The van der Waals surface area contributed by atoms with Gasteiger partial charge in [-0.25, -0.2) is 0 Å². The lowest BCUT2D eigenvalue weighted by Gasteiger charge is -2.42. The molecule has 3 heteroatoms. The van der Waals surface area contributed by atoms with Crippen LogP contribution in [0, 0.1) is 5.92 Å². The second kappa shape index (κ2) is 4.63. The predicted molar refractivity (Wildman–Crippen MR) is 64.6 cm³/mol. The van der Waals surface area contributed by atoms with E-state index < -0.39 is 0 Å². The molecule has 0 aromatic carbocycles. The Hall–Kier alpha value is -0.120. The molecular formula is C13H24N2O. The highest BCUT2D eigenvalue weighted by atomic mass is 16.5. The molecule has 3 rings (SSSR count). The number of ether oxygens (including phenoxy) is 1. The van der Waals surface area contributed by atoms with Crippen molar-refractivity contribution in [2.24, 2.45) is 5.92 Å². The number of hydrogen-bond donors (Lipinski definition) is 1. The minimum atomic E-state index is 0.484. The lowest BCUT2D eigenvalue weighted by Crippen LogP contribution is -2.59. The first-order valence-corrected chi connectivity index (χ1v) is 6.91. The van der Waals surface area contributed by atoms with Gasteiger partial charge in [-0.1, -0.05) is 12.8 Å². The van der Waals surface area contributed by atoms with Crippen LogP contribution in [0.15, 0.2) is 0 Å². The summed E-state index contributed by atoms with van der Waals surface area (Å²) in [4.78, 5) is 2.68. The van der Waals surface area contributed by atoms with Crippen LogP contribution in [0.5, 0.6) is 0 Å². The van der Waals surface area contributed by atoms with E-state index in [9.17, 15) is 0 Å². The highest BCUT2D eigenvalue weighted by Gasteiger charge is 2.38. The number of piperazine rings is 1. The second-order valence-corrected chi connectivity index (χ2v) is 5.88. The Labute approximate surface area is 98.5 Å². The molecule has 0 amide bonds. The highest BCUT2D eigenvalue weighted by molar-refractivity contribution is 4.98. The average Bonchev–Trinajstić information content (AvgIpc) is 2.91. The molecule has 0 aromatic heterocycles. The van der Waals surface area contributed by atoms with E-state index in [2.05, 4.69) is 10.2 Å². The molecule has 1 unspecified atom stereocenters. The number of rotatable bonds is 2. The number of hydrogen-bond acceptors (Lipinski definition) is 3. The van der Waals surface area contributed by atoms with Crippen molar-refractivity contribution < 1.29 is 4.74 Å². The normalized spacial score (nSPS) is 34.9. The first-order valence-electron chi connectivity index (χ1n) is 6.91. The molecule has 1 aliphatic carbocycles. The van der Waals surface area contributed by atoms with Gasteiger partial charge in [-0.15, -0.1) is 0 Å². The lowest BCUT2D eigenvalue weighted by atomic mass is 9.94. The molecule has 2 heterocycles. The molecule has 92 valence electrons. The van der Waals surface area contributed by atoms with Crippen LogP contribution in [0.1, 0.15) is 32.1 Å². The fourth-order valence-corrected chi connectivity index (χ4v) is 3.68. The molecule has 2 saturated heterocycles. The van der Waals surface area contributed by atoms with E-state index in [1.165, 1.54) is 58.3 Å². The third-order valence-corrected chi connectivity index (χ3v) is 4.56. The Morgan fingerprint density at radius 2 is 2.19 bits per heavy atom. The Morgan fingerprint density at radius 1 is 1.31 bits per heavy atom. The smallest absolute Gasteiger partial charge is 0.0507 e. The Kier molecular flexibility index (Phi) is 3.18. The summed E-state index contributed by atoms with van der Waals surface area (Å²) in [6.07, 6.45) is 6.91. The van der Waals surface area contributed by atoms with Gasteiger partial charge in [0.05, 0.1) is 6.61 Å². The van der Waals surface area contributed by atoms with E-state index in [4.69, 9.17) is 4.74 Å². The summed E-state index contributed by atoms with van der Waals surface area (Å²) in [6.45, 7) is 6.96. The van der Waals surface area contributed by atoms with Crippen LogP contribution in [0.4, 0.5) is 0 Å². The van der Waals surface area contributed by atoms with Gasteiger partial charge in [-0.05, 0) is 25.2 Å². The minimum Gasteiger partial charge on any atom is -0.381 e. The summed E-state index contributed by atoms with van der Waals surface area (Å²) < 4.78 is 5.47. The zero-order chi connectivity index (χ0) is 10.8. The van der Waals surface area contributed by atoms with Crippen LogP contribution in [0.2, 0.25) is 0 Å². The molecule has 1 saturated carbocycles. The maximum Gasteiger partial charge on any atom is 0.0507 e. The highest BCUT2D eigenvalue weighted by Crippen LogP contribution is 2.32. The lowest BCUT2D eigenvalue weighted by molar-refractivity contribution is 0.110. The largest absolute Gasteiger partial charge is 0.381 e. The van der Waals surface area contributed by atoms with E-state index in [0.717, 1.165) is 19.1 Å². The van der Waals surface area contributed by atoms with Crippen molar-refractivity contribution in [3.8, 4) is 0 Å². The first-order chi connectivity index (χ1) is 7.86. The summed E-state index contributed by atoms with van der Waals surface area (Å²) in [5.74, 6) is 0.802. The van der Waals surface area contributed by atoms with Crippen molar-refractivity contribution in [3.05, 3.63) is 0 Å². The third-order valence-electron chi connectivity index (χ3n) is 4.56. The van der Waals surface area contributed by atoms with Gasteiger partial charge in [0.15, 0.2) is 0 Å². The summed E-state index contributed by atoms with van der Waals surface area (Å²) in [7, 11) is 0. The average molecular weight is 224 g/mol. The van der Waals surface area contributed by atoms with Gasteiger partial charge in [0, 0.05) is 38.3 Å². The van der Waals surface area contributed by atoms with Crippen LogP contribution in [0.3, 0.4) is 0 Å². The molecule has 0 aromatic rings. The molecule has 0 bridgehead atoms. The van der Waals surface area contributed by atoms with Crippen LogP contribution < -0.4 is 5.32 Å². The van der Waals surface area contributed by atoms with Gasteiger partial charge < -0.3 is 10.1 Å². The molecular weight excluding hydrogens is 200 g/mol. The minimum absolute atomic E-state index is 0.484. The van der Waals surface area contributed by atoms with Crippen LogP contribution in [0.25, 0.3) is 0 Å². The molecule has 1 N–H and O–H groups in total. The second-order valence-electron chi connectivity index (χ2n) is 5.88. The molecule has 1 spiro atoms. The van der Waals surface area contributed by atoms with Gasteiger partial charge in [0.1, 0.15) is 0 Å². The third kappa shape index (κ3) is 2.27. The molecule has 3 nitrogen and oxygen atoms in total. The summed E-state index contributed by atoms with van der Waals surface area (Å²) in [5.41, 5.74) is 0.484. The molecule has 0 radical (unpaired) electrons.